The Labute approximate surface area is 245 Å². The second kappa shape index (κ2) is 12.9. The fraction of sp³-hybridized carbons (Fsp3) is 0.333. The van der Waals surface area contributed by atoms with Crippen LogP contribution in [0.2, 0.25) is 0 Å². The van der Waals surface area contributed by atoms with Crippen molar-refractivity contribution >= 4 is 33.3 Å². The van der Waals surface area contributed by atoms with Crippen molar-refractivity contribution in [3.8, 4) is 5.75 Å². The van der Waals surface area contributed by atoms with Gasteiger partial charge in [0.15, 0.2) is 5.75 Å². The van der Waals surface area contributed by atoms with Crippen LogP contribution in [-0.4, -0.2) is 73.6 Å². The molecule has 3 N–H and O–H groups in total. The number of nitrogens with zero attached hydrogens (tertiary/aromatic N) is 2. The average molecular weight is 599 g/mol. The van der Waals surface area contributed by atoms with Crippen LogP contribution in [0.5, 0.6) is 5.75 Å². The molecular weight excluding hydrogens is 563 g/mol. The maximum Gasteiger partial charge on any atom is 0.323 e. The molecule has 1 aliphatic rings. The number of hydrogen-bond donors (Lipinski definition) is 3. The Morgan fingerprint density at radius 1 is 1.12 bits per heavy atom. The molecule has 3 amide bonds. The van der Waals surface area contributed by atoms with E-state index in [4.69, 9.17) is 4.74 Å². The van der Waals surface area contributed by atoms with Crippen molar-refractivity contribution in [1.29, 1.82) is 0 Å². The van der Waals surface area contributed by atoms with Gasteiger partial charge in [-0.25, -0.2) is 17.6 Å². The normalized spacial score (nSPS) is 18.0. The lowest BCUT2D eigenvalue weighted by molar-refractivity contribution is 0.0389. The minimum absolute atomic E-state index is 0.0531. The summed E-state index contributed by atoms with van der Waals surface area (Å²) < 4.78 is 47.7. The summed E-state index contributed by atoms with van der Waals surface area (Å²) in [6.45, 7) is 5.29. The highest BCUT2D eigenvalue weighted by atomic mass is 32.2. The highest BCUT2D eigenvalue weighted by molar-refractivity contribution is 7.89. The number of amides is 3. The summed E-state index contributed by atoms with van der Waals surface area (Å²) in [6.07, 6.45) is -0.737. The van der Waals surface area contributed by atoms with Crippen molar-refractivity contribution in [3.05, 3.63) is 83.7 Å². The number of benzene rings is 3. The summed E-state index contributed by atoms with van der Waals surface area (Å²) in [4.78, 5) is 28.2. The molecule has 4 rings (SSSR count). The minimum Gasteiger partial charge on any atom is -0.486 e. The van der Waals surface area contributed by atoms with Crippen LogP contribution >= 0.6 is 0 Å². The molecule has 10 nitrogen and oxygen atoms in total. The number of nitrogens with one attached hydrogen (secondary N) is 2. The third kappa shape index (κ3) is 6.89. The number of sulfonamides is 1. The van der Waals surface area contributed by atoms with Gasteiger partial charge in [-0.15, -0.1) is 0 Å². The molecule has 1 aliphatic heterocycles. The zero-order valence-electron chi connectivity index (χ0n) is 23.9. The van der Waals surface area contributed by atoms with Gasteiger partial charge in [0, 0.05) is 25.2 Å². The number of anilines is 2. The lowest BCUT2D eigenvalue weighted by Gasteiger charge is -2.38. The van der Waals surface area contributed by atoms with E-state index in [-0.39, 0.29) is 47.5 Å². The van der Waals surface area contributed by atoms with Crippen molar-refractivity contribution in [1.82, 2.24) is 9.21 Å². The van der Waals surface area contributed by atoms with Crippen LogP contribution in [-0.2, 0) is 10.0 Å². The molecule has 3 atom stereocenters. The summed E-state index contributed by atoms with van der Waals surface area (Å²) >= 11 is 0. The predicted molar refractivity (Wildman–Crippen MR) is 158 cm³/mol. The number of hydrogen-bond acceptors (Lipinski definition) is 6. The van der Waals surface area contributed by atoms with Gasteiger partial charge >= 0.3 is 6.03 Å². The van der Waals surface area contributed by atoms with Gasteiger partial charge in [0.05, 0.1) is 35.3 Å². The number of carbonyl (C=O) groups excluding carboxylic acids is 2. The topological polar surface area (TPSA) is 128 Å². The van der Waals surface area contributed by atoms with Gasteiger partial charge < -0.3 is 25.4 Å². The number of ether oxygens (including phenoxy) is 1. The van der Waals surface area contributed by atoms with Gasteiger partial charge in [0.2, 0.25) is 10.0 Å². The number of halogens is 1. The standard InChI is InChI=1S/C30H35FN4O6S/c1-19-8-14-24(15-9-19)42(39,40)34(4)17-27-20(2)16-35(21(3)18-36)29(37)25-6-5-7-26(28(25)41-27)33-30(38)32-23-12-10-22(31)11-13-23/h5-15,20-21,27,36H,16-18H2,1-4H3,(H2,32,33,38)/t20-,21+,27-/m1/s1. The molecule has 0 saturated heterocycles. The Hall–Kier alpha value is -4.00. The molecule has 0 bridgehead atoms. The zero-order chi connectivity index (χ0) is 30.6. The first-order valence-corrected chi connectivity index (χ1v) is 14.9. The Morgan fingerprint density at radius 3 is 2.43 bits per heavy atom. The zero-order valence-corrected chi connectivity index (χ0v) is 24.7. The van der Waals surface area contributed by atoms with E-state index >= 15 is 0 Å². The van der Waals surface area contributed by atoms with Gasteiger partial charge in [0.1, 0.15) is 11.9 Å². The fourth-order valence-corrected chi connectivity index (χ4v) is 5.80. The molecular formula is C30H35FN4O6S. The smallest absolute Gasteiger partial charge is 0.323 e. The van der Waals surface area contributed by atoms with Crippen LogP contribution in [0.1, 0.15) is 29.8 Å². The second-order valence-corrected chi connectivity index (χ2v) is 12.5. The molecule has 0 radical (unpaired) electrons. The van der Waals surface area contributed by atoms with Gasteiger partial charge in [-0.2, -0.15) is 4.31 Å². The van der Waals surface area contributed by atoms with Crippen LogP contribution in [0.4, 0.5) is 20.6 Å². The summed E-state index contributed by atoms with van der Waals surface area (Å²) in [7, 11) is -2.40. The van der Waals surface area contributed by atoms with E-state index in [1.54, 1.807) is 49.4 Å². The maximum atomic E-state index is 13.7. The number of rotatable bonds is 8. The van der Waals surface area contributed by atoms with E-state index in [2.05, 4.69) is 10.6 Å². The molecule has 12 heteroatoms. The fourth-order valence-electron chi connectivity index (χ4n) is 4.62. The number of aliphatic hydroxyl groups excluding tert-OH is 1. The summed E-state index contributed by atoms with van der Waals surface area (Å²) in [5.41, 5.74) is 1.61. The number of fused-ring (bicyclic) bond motifs is 1. The SMILES string of the molecule is Cc1ccc(S(=O)(=O)N(C)C[C@H]2Oc3c(NC(=O)Nc4ccc(F)cc4)cccc3C(=O)N([C@@H](C)CO)C[C@H]2C)cc1. The van der Waals surface area contributed by atoms with Crippen LogP contribution < -0.4 is 15.4 Å². The molecule has 0 aromatic heterocycles. The number of likely N-dealkylation sites (N-methyl/N-ethyl adjacent to an activating group) is 1. The summed E-state index contributed by atoms with van der Waals surface area (Å²) in [5, 5.41) is 15.2. The minimum atomic E-state index is -3.86. The van der Waals surface area contributed by atoms with Crippen LogP contribution in [0.15, 0.2) is 71.6 Å². The lowest BCUT2D eigenvalue weighted by atomic mass is 9.99. The highest BCUT2D eigenvalue weighted by Gasteiger charge is 2.36. The largest absolute Gasteiger partial charge is 0.486 e. The van der Waals surface area contributed by atoms with E-state index in [1.165, 1.54) is 40.5 Å². The number of urea groups is 1. The first kappa shape index (κ1) is 30.9. The molecule has 0 spiro atoms. The highest BCUT2D eigenvalue weighted by Crippen LogP contribution is 2.35. The van der Waals surface area contributed by atoms with E-state index in [9.17, 15) is 27.5 Å². The van der Waals surface area contributed by atoms with Gasteiger partial charge in [-0.1, -0.05) is 30.7 Å². The number of carbonyl (C=O) groups is 2. The number of aryl methyl sites for hydroxylation is 1. The molecule has 0 fully saturated rings. The monoisotopic (exact) mass is 598 g/mol. The third-order valence-electron chi connectivity index (χ3n) is 7.21. The van der Waals surface area contributed by atoms with Crippen molar-refractivity contribution in [3.63, 3.8) is 0 Å². The van der Waals surface area contributed by atoms with Crippen LogP contribution in [0, 0.1) is 18.7 Å². The molecule has 0 unspecified atom stereocenters. The predicted octanol–water partition coefficient (Wildman–Crippen LogP) is 4.32. The van der Waals surface area contributed by atoms with Gasteiger partial charge in [-0.3, -0.25) is 4.79 Å². The Bertz CT molecular complexity index is 1530. The number of para-hydroxylation sites is 1. The van der Waals surface area contributed by atoms with Crippen molar-refractivity contribution in [2.45, 2.75) is 37.8 Å². The van der Waals surface area contributed by atoms with E-state index < -0.39 is 39.9 Å². The summed E-state index contributed by atoms with van der Waals surface area (Å²) in [6, 6.07) is 15.3. The van der Waals surface area contributed by atoms with Gasteiger partial charge in [-0.05, 0) is 62.4 Å². The molecule has 3 aromatic carbocycles. The quantitative estimate of drug-likeness (QED) is 0.354. The lowest BCUT2D eigenvalue weighted by Crippen LogP contribution is -2.50. The maximum absolute atomic E-state index is 13.7. The molecule has 3 aromatic rings. The molecule has 0 saturated carbocycles. The second-order valence-electron chi connectivity index (χ2n) is 10.5. The Balaban J connectivity index is 1.68. The van der Waals surface area contributed by atoms with E-state index in [1.807, 2.05) is 13.8 Å². The Morgan fingerprint density at radius 2 is 1.79 bits per heavy atom. The van der Waals surface area contributed by atoms with Crippen molar-refractivity contribution < 1.29 is 32.2 Å². The van der Waals surface area contributed by atoms with Crippen molar-refractivity contribution in [2.24, 2.45) is 5.92 Å². The molecule has 1 heterocycles. The third-order valence-corrected chi connectivity index (χ3v) is 9.05. The average Bonchev–Trinajstić information content (AvgIpc) is 2.96. The van der Waals surface area contributed by atoms with E-state index in [0.717, 1.165) is 5.56 Å². The number of aliphatic hydroxyl groups is 1. The van der Waals surface area contributed by atoms with Gasteiger partial charge in [0.25, 0.3) is 5.91 Å². The first-order chi connectivity index (χ1) is 19.9. The van der Waals surface area contributed by atoms with E-state index in [0.29, 0.717) is 5.69 Å². The van der Waals surface area contributed by atoms with Crippen LogP contribution in [0.3, 0.4) is 0 Å². The van der Waals surface area contributed by atoms with Crippen molar-refractivity contribution in [2.75, 3.05) is 37.4 Å². The van der Waals surface area contributed by atoms with Crippen LogP contribution in [0.25, 0.3) is 0 Å². The molecule has 224 valence electrons. The Kier molecular flexibility index (Phi) is 9.50. The first-order valence-electron chi connectivity index (χ1n) is 13.5. The summed E-state index contributed by atoms with van der Waals surface area (Å²) in [5.74, 6) is -1.15. The molecule has 42 heavy (non-hydrogen) atoms. The molecule has 0 aliphatic carbocycles.